The second-order valence-corrected chi connectivity index (χ2v) is 9.78. The number of anilines is 1. The summed E-state index contributed by atoms with van der Waals surface area (Å²) < 4.78 is 12.1. The first kappa shape index (κ1) is 22.9. The van der Waals surface area contributed by atoms with Crippen LogP contribution in [0.25, 0.3) is 33.4 Å². The molecule has 186 valence electrons. The Balaban J connectivity index is 1.37. The number of likely N-dealkylation sites (N-methyl/N-ethyl adjacent to an activating group) is 1. The summed E-state index contributed by atoms with van der Waals surface area (Å²) in [6.45, 7) is 7.80. The minimum absolute atomic E-state index is 0.607. The fraction of sp³-hybridized carbons (Fsp3) is 0.367. The largest absolute Gasteiger partial charge is 0.493 e. The van der Waals surface area contributed by atoms with E-state index in [2.05, 4.69) is 69.3 Å². The summed E-state index contributed by atoms with van der Waals surface area (Å²) in [4.78, 5) is 13.1. The Kier molecular flexibility index (Phi) is 6.28. The number of nitrogens with one attached hydrogen (secondary N) is 1. The van der Waals surface area contributed by atoms with Crippen molar-refractivity contribution in [2.24, 2.45) is 0 Å². The van der Waals surface area contributed by atoms with Gasteiger partial charge in [0.2, 0.25) is 0 Å². The molecular formula is C30H34N4O2. The molecule has 0 radical (unpaired) electrons. The van der Waals surface area contributed by atoms with Gasteiger partial charge in [-0.25, -0.2) is 4.98 Å². The molecule has 6 nitrogen and oxygen atoms in total. The van der Waals surface area contributed by atoms with E-state index < -0.39 is 0 Å². The lowest BCUT2D eigenvalue weighted by atomic mass is 9.96. The number of ether oxygens (including phenoxy) is 2. The molecule has 0 spiro atoms. The van der Waals surface area contributed by atoms with E-state index in [4.69, 9.17) is 9.47 Å². The molecule has 1 fully saturated rings. The van der Waals surface area contributed by atoms with Crippen LogP contribution in [0.3, 0.4) is 0 Å². The number of nitrogens with zero attached hydrogens (tertiary/aromatic N) is 3. The van der Waals surface area contributed by atoms with Crippen LogP contribution >= 0.6 is 0 Å². The van der Waals surface area contributed by atoms with Gasteiger partial charge in [-0.3, -0.25) is 4.90 Å². The van der Waals surface area contributed by atoms with E-state index in [1.807, 2.05) is 19.2 Å². The molecule has 0 atom stereocenters. The van der Waals surface area contributed by atoms with Crippen molar-refractivity contribution in [2.75, 3.05) is 51.3 Å². The highest BCUT2D eigenvalue weighted by atomic mass is 16.5. The van der Waals surface area contributed by atoms with Crippen molar-refractivity contribution in [1.29, 1.82) is 0 Å². The Morgan fingerprint density at radius 1 is 0.944 bits per heavy atom. The minimum atomic E-state index is 0.607. The molecule has 0 saturated carbocycles. The molecule has 2 aliphatic rings. The summed E-state index contributed by atoms with van der Waals surface area (Å²) in [6, 6.07) is 17.2. The molecule has 6 rings (SSSR count). The van der Waals surface area contributed by atoms with Crippen LogP contribution in [0.1, 0.15) is 25.3 Å². The zero-order chi connectivity index (χ0) is 24.5. The molecule has 2 aromatic heterocycles. The van der Waals surface area contributed by atoms with E-state index in [1.165, 1.54) is 42.7 Å². The summed E-state index contributed by atoms with van der Waals surface area (Å²) in [7, 11) is 2.17. The summed E-state index contributed by atoms with van der Waals surface area (Å²) in [5, 5.41) is 1.03. The fourth-order valence-corrected chi connectivity index (χ4v) is 5.58. The zero-order valence-corrected chi connectivity index (χ0v) is 21.2. The van der Waals surface area contributed by atoms with Gasteiger partial charge in [0.15, 0.2) is 0 Å². The number of rotatable bonds is 8. The number of fused-ring (bicyclic) bond motifs is 2. The van der Waals surface area contributed by atoms with Crippen LogP contribution in [0.5, 0.6) is 11.5 Å². The number of pyridine rings is 1. The highest BCUT2D eigenvalue weighted by Gasteiger charge is 2.22. The van der Waals surface area contributed by atoms with Crippen molar-refractivity contribution in [3.63, 3.8) is 0 Å². The Bertz CT molecular complexity index is 1360. The number of hydrogen-bond acceptors (Lipinski definition) is 5. The standard InChI is InChI=1S/C30H34N4O2/c1-3-35-26-12-14-31-30-28(26)27(23-7-6-21-13-17-33(2)25(21)20-23)29(32-30)22-8-10-24(11-9-22)36-19-18-34-15-4-5-16-34/h6-12,14,20H,3-5,13,15-19H2,1-2H3,(H,31,32). The van der Waals surface area contributed by atoms with E-state index in [-0.39, 0.29) is 0 Å². The molecule has 4 heterocycles. The number of aromatic amines is 1. The van der Waals surface area contributed by atoms with E-state index in [0.717, 1.165) is 65.5 Å². The molecule has 4 aromatic rings. The molecule has 0 unspecified atom stereocenters. The number of benzene rings is 2. The summed E-state index contributed by atoms with van der Waals surface area (Å²) in [5.41, 5.74) is 8.00. The van der Waals surface area contributed by atoms with Gasteiger partial charge in [0.05, 0.1) is 17.7 Å². The molecule has 0 bridgehead atoms. The molecule has 2 aromatic carbocycles. The number of hydrogen-bond donors (Lipinski definition) is 1. The second-order valence-electron chi connectivity index (χ2n) is 9.78. The Morgan fingerprint density at radius 2 is 1.75 bits per heavy atom. The van der Waals surface area contributed by atoms with Gasteiger partial charge < -0.3 is 19.4 Å². The first-order valence-corrected chi connectivity index (χ1v) is 13.1. The summed E-state index contributed by atoms with van der Waals surface area (Å²) in [5.74, 6) is 1.76. The van der Waals surface area contributed by atoms with Gasteiger partial charge in [0, 0.05) is 37.6 Å². The van der Waals surface area contributed by atoms with Crippen molar-refractivity contribution in [3.05, 3.63) is 60.3 Å². The first-order chi connectivity index (χ1) is 17.7. The van der Waals surface area contributed by atoms with Crippen LogP contribution in [-0.2, 0) is 6.42 Å². The van der Waals surface area contributed by atoms with Gasteiger partial charge in [0.1, 0.15) is 23.8 Å². The third kappa shape index (κ3) is 4.30. The zero-order valence-electron chi connectivity index (χ0n) is 21.2. The molecule has 0 amide bonds. The van der Waals surface area contributed by atoms with Crippen molar-refractivity contribution in [1.82, 2.24) is 14.9 Å². The van der Waals surface area contributed by atoms with E-state index in [1.54, 1.807) is 0 Å². The molecule has 6 heteroatoms. The second kappa shape index (κ2) is 9.86. The van der Waals surface area contributed by atoms with Gasteiger partial charge in [-0.2, -0.15) is 0 Å². The van der Waals surface area contributed by atoms with Crippen LogP contribution in [0, 0.1) is 0 Å². The van der Waals surface area contributed by atoms with Gasteiger partial charge >= 0.3 is 0 Å². The normalized spacial score (nSPS) is 15.6. The topological polar surface area (TPSA) is 53.6 Å². The quantitative estimate of drug-likeness (QED) is 0.346. The maximum absolute atomic E-state index is 6.06. The first-order valence-electron chi connectivity index (χ1n) is 13.1. The Morgan fingerprint density at radius 3 is 2.56 bits per heavy atom. The van der Waals surface area contributed by atoms with Crippen molar-refractivity contribution in [2.45, 2.75) is 26.2 Å². The van der Waals surface area contributed by atoms with E-state index in [0.29, 0.717) is 6.61 Å². The van der Waals surface area contributed by atoms with Crippen LogP contribution in [0.4, 0.5) is 5.69 Å². The number of H-pyrrole nitrogens is 1. The molecule has 2 aliphatic heterocycles. The fourth-order valence-electron chi connectivity index (χ4n) is 5.58. The summed E-state index contributed by atoms with van der Waals surface area (Å²) in [6.07, 6.45) is 5.52. The molecule has 0 aliphatic carbocycles. The van der Waals surface area contributed by atoms with Crippen LogP contribution < -0.4 is 14.4 Å². The third-order valence-electron chi connectivity index (χ3n) is 7.48. The predicted octanol–water partition coefficient (Wildman–Crippen LogP) is 5.76. The minimum Gasteiger partial charge on any atom is -0.493 e. The van der Waals surface area contributed by atoms with Gasteiger partial charge in [0.25, 0.3) is 0 Å². The van der Waals surface area contributed by atoms with E-state index in [9.17, 15) is 0 Å². The SMILES string of the molecule is CCOc1ccnc2[nH]c(-c3ccc(OCCN4CCCC4)cc3)c(-c3ccc4c(c3)N(C)CC4)c12. The Labute approximate surface area is 212 Å². The lowest BCUT2D eigenvalue weighted by Gasteiger charge is -2.15. The maximum Gasteiger partial charge on any atom is 0.142 e. The third-order valence-corrected chi connectivity index (χ3v) is 7.48. The van der Waals surface area contributed by atoms with Crippen molar-refractivity contribution < 1.29 is 9.47 Å². The highest BCUT2D eigenvalue weighted by Crippen LogP contribution is 2.44. The average Bonchev–Trinajstić information content (AvgIpc) is 3.64. The monoisotopic (exact) mass is 482 g/mol. The van der Waals surface area contributed by atoms with E-state index >= 15 is 0 Å². The molecule has 36 heavy (non-hydrogen) atoms. The molecular weight excluding hydrogens is 448 g/mol. The van der Waals surface area contributed by atoms with Crippen LogP contribution in [0.2, 0.25) is 0 Å². The van der Waals surface area contributed by atoms with Crippen molar-refractivity contribution >= 4 is 16.7 Å². The highest BCUT2D eigenvalue weighted by molar-refractivity contribution is 6.06. The number of aromatic nitrogens is 2. The number of likely N-dealkylation sites (tertiary alicyclic amines) is 1. The summed E-state index contributed by atoms with van der Waals surface area (Å²) >= 11 is 0. The maximum atomic E-state index is 6.06. The van der Waals surface area contributed by atoms with Gasteiger partial charge in [-0.05, 0) is 92.4 Å². The van der Waals surface area contributed by atoms with Crippen LogP contribution in [-0.4, -0.2) is 61.3 Å². The Hall–Kier alpha value is -3.51. The molecule has 1 saturated heterocycles. The lowest BCUT2D eigenvalue weighted by Crippen LogP contribution is -2.25. The molecule has 1 N–H and O–H groups in total. The smallest absolute Gasteiger partial charge is 0.142 e. The van der Waals surface area contributed by atoms with Crippen LogP contribution in [0.15, 0.2) is 54.7 Å². The average molecular weight is 483 g/mol. The van der Waals surface area contributed by atoms with Gasteiger partial charge in [-0.1, -0.05) is 12.1 Å². The van der Waals surface area contributed by atoms with Gasteiger partial charge in [-0.15, -0.1) is 0 Å². The predicted molar refractivity (Wildman–Crippen MR) is 146 cm³/mol. The lowest BCUT2D eigenvalue weighted by molar-refractivity contribution is 0.238. The van der Waals surface area contributed by atoms with Crippen molar-refractivity contribution in [3.8, 4) is 33.9 Å².